The van der Waals surface area contributed by atoms with Crippen molar-refractivity contribution < 1.29 is 24.2 Å². The summed E-state index contributed by atoms with van der Waals surface area (Å²) in [5, 5.41) is 12.5. The minimum absolute atomic E-state index is 0.289. The van der Waals surface area contributed by atoms with E-state index in [1.54, 1.807) is 42.5 Å². The molecule has 2 atom stereocenters. The van der Waals surface area contributed by atoms with Crippen LogP contribution in [-0.4, -0.2) is 31.2 Å². The van der Waals surface area contributed by atoms with Crippen molar-refractivity contribution in [3.05, 3.63) is 59.2 Å². The van der Waals surface area contributed by atoms with Crippen LogP contribution in [0.15, 0.2) is 42.5 Å². The van der Waals surface area contributed by atoms with Crippen LogP contribution < -0.4 is 14.8 Å². The van der Waals surface area contributed by atoms with Crippen LogP contribution in [0.1, 0.15) is 33.4 Å². The minimum Gasteiger partial charge on any atom is -0.493 e. The number of carboxylic acids is 1. The van der Waals surface area contributed by atoms with E-state index in [2.05, 4.69) is 5.32 Å². The smallest absolute Gasteiger partial charge is 0.313 e. The van der Waals surface area contributed by atoms with Crippen LogP contribution in [0.4, 0.5) is 0 Å². The van der Waals surface area contributed by atoms with Gasteiger partial charge in [0.15, 0.2) is 11.5 Å². The van der Waals surface area contributed by atoms with Crippen LogP contribution in [0.5, 0.6) is 11.5 Å². The lowest BCUT2D eigenvalue weighted by atomic mass is 9.81. The Bertz CT molecular complexity index is 802. The number of hydrogen-bond acceptors (Lipinski definition) is 4. The van der Waals surface area contributed by atoms with Crippen LogP contribution in [-0.2, 0) is 4.79 Å². The summed E-state index contributed by atoms with van der Waals surface area (Å²) in [4.78, 5) is 24.2. The highest BCUT2D eigenvalue weighted by Crippen LogP contribution is 2.39. The summed E-state index contributed by atoms with van der Waals surface area (Å²) in [5.74, 6) is -1.15. The molecule has 0 unspecified atom stereocenters. The van der Waals surface area contributed by atoms with Crippen molar-refractivity contribution in [1.82, 2.24) is 5.32 Å². The number of fused-ring (bicyclic) bond motifs is 1. The van der Waals surface area contributed by atoms with E-state index >= 15 is 0 Å². The highest BCUT2D eigenvalue weighted by Gasteiger charge is 2.39. The molecule has 1 aliphatic rings. The lowest BCUT2D eigenvalue weighted by Crippen LogP contribution is -2.41. The first-order chi connectivity index (χ1) is 11.6. The maximum Gasteiger partial charge on any atom is 0.313 e. The summed E-state index contributed by atoms with van der Waals surface area (Å²) in [6, 6.07) is 11.2. The second-order valence-corrected chi connectivity index (χ2v) is 5.47. The fourth-order valence-electron chi connectivity index (χ4n) is 3.05. The van der Waals surface area contributed by atoms with Gasteiger partial charge in [-0.15, -0.1) is 0 Å². The summed E-state index contributed by atoms with van der Waals surface area (Å²) in [6.07, 6.45) is 0. The molecule has 2 aromatic rings. The number of methoxy groups -OCH3 is 2. The Balaban J connectivity index is 2.11. The first kappa shape index (κ1) is 15.9. The van der Waals surface area contributed by atoms with Gasteiger partial charge in [-0.25, -0.2) is 0 Å². The van der Waals surface area contributed by atoms with E-state index in [1.165, 1.54) is 14.2 Å². The quantitative estimate of drug-likeness (QED) is 0.900. The van der Waals surface area contributed by atoms with Crippen LogP contribution in [0.3, 0.4) is 0 Å². The molecule has 2 N–H and O–H groups in total. The third-order valence-electron chi connectivity index (χ3n) is 4.19. The molecular formula is C18H17NO5. The molecule has 124 valence electrons. The van der Waals surface area contributed by atoms with Gasteiger partial charge in [0.05, 0.1) is 20.3 Å². The van der Waals surface area contributed by atoms with Gasteiger partial charge >= 0.3 is 5.97 Å². The van der Waals surface area contributed by atoms with E-state index in [4.69, 9.17) is 9.47 Å². The Kier molecular flexibility index (Phi) is 4.12. The van der Waals surface area contributed by atoms with Crippen LogP contribution in [0.2, 0.25) is 0 Å². The number of carboxylic acid groups (broad SMARTS) is 1. The molecule has 0 spiro atoms. The molecule has 3 rings (SSSR count). The molecule has 0 saturated carbocycles. The monoisotopic (exact) mass is 327 g/mol. The molecule has 1 heterocycles. The van der Waals surface area contributed by atoms with Gasteiger partial charge in [0, 0.05) is 5.56 Å². The average Bonchev–Trinajstić information content (AvgIpc) is 2.60. The van der Waals surface area contributed by atoms with Gasteiger partial charge in [0.2, 0.25) is 0 Å². The summed E-state index contributed by atoms with van der Waals surface area (Å²) in [6.45, 7) is 0. The highest BCUT2D eigenvalue weighted by molar-refractivity contribution is 6.00. The van der Waals surface area contributed by atoms with Crippen LogP contribution in [0.25, 0.3) is 0 Å². The van der Waals surface area contributed by atoms with Gasteiger partial charge < -0.3 is 19.9 Å². The molecule has 0 saturated heterocycles. The van der Waals surface area contributed by atoms with Gasteiger partial charge in [-0.3, -0.25) is 9.59 Å². The molecule has 6 nitrogen and oxygen atoms in total. The maximum atomic E-state index is 12.4. The van der Waals surface area contributed by atoms with Crippen LogP contribution >= 0.6 is 0 Å². The van der Waals surface area contributed by atoms with Crippen molar-refractivity contribution in [2.75, 3.05) is 14.2 Å². The number of amides is 1. The Morgan fingerprint density at radius 3 is 2.46 bits per heavy atom. The molecule has 1 amide bonds. The standard InChI is InChI=1S/C18H17NO5/c1-23-13-8-7-10(9-14(13)24-2)16-15(18(21)22)11-5-3-4-6-12(11)17(20)19-16/h3-9,15-16H,1-2H3,(H,19,20)(H,21,22)/t15-,16+/m1/s1. The van der Waals surface area contributed by atoms with E-state index in [1.807, 2.05) is 0 Å². The molecule has 0 bridgehead atoms. The molecule has 0 aromatic heterocycles. The molecule has 6 heteroatoms. The number of hydrogen-bond donors (Lipinski definition) is 2. The zero-order valence-electron chi connectivity index (χ0n) is 13.3. The highest BCUT2D eigenvalue weighted by atomic mass is 16.5. The van der Waals surface area contributed by atoms with Crippen molar-refractivity contribution in [3.63, 3.8) is 0 Å². The topological polar surface area (TPSA) is 84.9 Å². The van der Waals surface area contributed by atoms with E-state index in [0.29, 0.717) is 28.2 Å². The number of aliphatic carboxylic acids is 1. The van der Waals surface area contributed by atoms with Gasteiger partial charge in [0.25, 0.3) is 5.91 Å². The predicted molar refractivity (Wildman–Crippen MR) is 86.6 cm³/mol. The van der Waals surface area contributed by atoms with E-state index in [9.17, 15) is 14.7 Å². The molecule has 2 aromatic carbocycles. The summed E-state index contributed by atoms with van der Waals surface area (Å²) < 4.78 is 10.5. The summed E-state index contributed by atoms with van der Waals surface area (Å²) in [5.41, 5.74) is 1.54. The largest absolute Gasteiger partial charge is 0.493 e. The number of ether oxygens (including phenoxy) is 2. The second kappa shape index (κ2) is 6.23. The number of carbonyl (C=O) groups is 2. The Labute approximate surface area is 139 Å². The molecule has 0 fully saturated rings. The molecule has 0 radical (unpaired) electrons. The second-order valence-electron chi connectivity index (χ2n) is 5.47. The van der Waals surface area contributed by atoms with Crippen molar-refractivity contribution in [3.8, 4) is 11.5 Å². The lowest BCUT2D eigenvalue weighted by molar-refractivity contribution is -0.139. The van der Waals surface area contributed by atoms with Gasteiger partial charge in [-0.2, -0.15) is 0 Å². The van der Waals surface area contributed by atoms with Crippen molar-refractivity contribution in [2.24, 2.45) is 0 Å². The van der Waals surface area contributed by atoms with Gasteiger partial charge in [-0.1, -0.05) is 24.3 Å². The predicted octanol–water partition coefficient (Wildman–Crippen LogP) is 2.36. The van der Waals surface area contributed by atoms with Crippen molar-refractivity contribution in [2.45, 2.75) is 12.0 Å². The van der Waals surface area contributed by atoms with E-state index in [-0.39, 0.29) is 5.91 Å². The molecule has 0 aliphatic carbocycles. The SMILES string of the molecule is COc1ccc([C@@H]2NC(=O)c3ccccc3[C@H]2C(=O)O)cc1OC. The normalized spacial score (nSPS) is 19.2. The first-order valence-electron chi connectivity index (χ1n) is 7.41. The third kappa shape index (κ3) is 2.56. The number of carbonyl (C=O) groups excluding carboxylic acids is 1. The fourth-order valence-corrected chi connectivity index (χ4v) is 3.05. The zero-order chi connectivity index (χ0) is 17.3. The van der Waals surface area contributed by atoms with E-state index in [0.717, 1.165) is 0 Å². The Morgan fingerprint density at radius 1 is 1.08 bits per heavy atom. The number of nitrogens with one attached hydrogen (secondary N) is 1. The molecular weight excluding hydrogens is 310 g/mol. The summed E-state index contributed by atoms with van der Waals surface area (Å²) >= 11 is 0. The third-order valence-corrected chi connectivity index (χ3v) is 4.19. The van der Waals surface area contributed by atoms with Gasteiger partial charge in [-0.05, 0) is 29.3 Å². The average molecular weight is 327 g/mol. The van der Waals surface area contributed by atoms with Crippen molar-refractivity contribution >= 4 is 11.9 Å². The number of benzene rings is 2. The summed E-state index contributed by atoms with van der Waals surface area (Å²) in [7, 11) is 3.03. The van der Waals surface area contributed by atoms with Crippen molar-refractivity contribution in [1.29, 1.82) is 0 Å². The van der Waals surface area contributed by atoms with Crippen LogP contribution in [0, 0.1) is 0 Å². The maximum absolute atomic E-state index is 12.4. The first-order valence-corrected chi connectivity index (χ1v) is 7.41. The lowest BCUT2D eigenvalue weighted by Gasteiger charge is -2.32. The van der Waals surface area contributed by atoms with Gasteiger partial charge in [0.1, 0.15) is 5.92 Å². The molecule has 1 aliphatic heterocycles. The Morgan fingerprint density at radius 2 is 1.79 bits per heavy atom. The fraction of sp³-hybridized carbons (Fsp3) is 0.222. The minimum atomic E-state index is -0.998. The van der Waals surface area contributed by atoms with E-state index < -0.39 is 17.9 Å². The molecule has 24 heavy (non-hydrogen) atoms. The Hall–Kier alpha value is -3.02. The number of rotatable bonds is 4. The zero-order valence-corrected chi connectivity index (χ0v) is 13.3.